The van der Waals surface area contributed by atoms with E-state index in [4.69, 9.17) is 0 Å². The van der Waals surface area contributed by atoms with Crippen molar-refractivity contribution >= 4 is 11.3 Å². The molecule has 44 heavy (non-hydrogen) atoms. The van der Waals surface area contributed by atoms with Gasteiger partial charge in [0, 0.05) is 0 Å². The molecule has 246 valence electrons. The third-order valence-electron chi connectivity index (χ3n) is 8.13. The van der Waals surface area contributed by atoms with Crippen LogP contribution in [0.25, 0.3) is 0 Å². The summed E-state index contributed by atoms with van der Waals surface area (Å²) in [7, 11) is 0. The van der Waals surface area contributed by atoms with Crippen LogP contribution in [0.15, 0.2) is 79.1 Å². The summed E-state index contributed by atoms with van der Waals surface area (Å²) in [5.74, 6) is -2.68. The quantitative estimate of drug-likeness (QED) is 0.138. The van der Waals surface area contributed by atoms with Crippen molar-refractivity contribution in [3.63, 3.8) is 0 Å². The van der Waals surface area contributed by atoms with E-state index < -0.39 is 61.5 Å². The standard InChI is InChI=1S/2C12H17.C6H5.C3H4N2.2CF3.Au/c2*1-9(2)11-6-5-7-12(8-11)10(3)4;1-2-4-6-5-3-1;1-2-5-3-4-1;2*2-1(3)4;/h2*5-7,9-10H,1-4H3;1-5H;1-2,4-5H;;;. The van der Waals surface area contributed by atoms with E-state index in [1.165, 1.54) is 42.5 Å². The Morgan fingerprint density at radius 3 is 1.07 bits per heavy atom. The fourth-order valence-corrected chi connectivity index (χ4v) is 29.0. The molecule has 0 atom stereocenters. The van der Waals surface area contributed by atoms with Crippen LogP contribution in [0, 0.1) is 3.63 Å². The Bertz CT molecular complexity index is 1630. The van der Waals surface area contributed by atoms with Gasteiger partial charge in [0.1, 0.15) is 0 Å². The number of H-pyrrole nitrogens is 2. The van der Waals surface area contributed by atoms with Crippen LogP contribution in [0.4, 0.5) is 26.3 Å². The summed E-state index contributed by atoms with van der Waals surface area (Å²) < 4.78 is 92.6. The van der Waals surface area contributed by atoms with Crippen LogP contribution in [-0.4, -0.2) is 18.8 Å². The van der Waals surface area contributed by atoms with E-state index in [0.29, 0.717) is 0 Å². The van der Waals surface area contributed by atoms with Crippen molar-refractivity contribution < 1.29 is 40.4 Å². The molecule has 0 aliphatic carbocycles. The molecule has 0 bridgehead atoms. The minimum atomic E-state index is -9.64. The number of aromatic nitrogens is 2. The van der Waals surface area contributed by atoms with Crippen molar-refractivity contribution in [1.82, 2.24) is 9.97 Å². The van der Waals surface area contributed by atoms with E-state index in [9.17, 15) is 0 Å². The van der Waals surface area contributed by atoms with Crippen LogP contribution < -0.4 is 11.3 Å². The van der Waals surface area contributed by atoms with E-state index in [2.05, 4.69) is 9.97 Å². The SMILES string of the molecule is CC(C)c1cccc(C(C)C)[c]1[Au]([c]1ccccc1)([c]1c(C(C)C)cccc1C(C)C)(=[c]1[nH]cc[nH]1)([C](F)(F)F)[C](F)(F)F. The van der Waals surface area contributed by atoms with Gasteiger partial charge < -0.3 is 0 Å². The van der Waals surface area contributed by atoms with Crippen molar-refractivity contribution in [2.75, 3.05) is 0 Å². The summed E-state index contributed by atoms with van der Waals surface area (Å²) in [4.78, 5) is 5.23. The molecule has 3 aromatic carbocycles. The number of rotatable bonds is 7. The predicted molar refractivity (Wildman–Crippen MR) is 165 cm³/mol. The van der Waals surface area contributed by atoms with E-state index >= 15 is 26.3 Å². The van der Waals surface area contributed by atoms with Crippen LogP contribution in [0.1, 0.15) is 101 Å². The van der Waals surface area contributed by atoms with Crippen LogP contribution in [-0.2, 0) is 14.0 Å². The van der Waals surface area contributed by atoms with E-state index in [-0.39, 0.29) is 22.3 Å². The van der Waals surface area contributed by atoms with Crippen LogP contribution >= 0.6 is 0 Å². The second-order valence-electron chi connectivity index (χ2n) is 12.1. The van der Waals surface area contributed by atoms with Gasteiger partial charge >= 0.3 is 255 Å². The molecule has 0 aliphatic rings. The molecular weight excluding hydrogens is 759 g/mol. The van der Waals surface area contributed by atoms with Crippen molar-refractivity contribution in [2.45, 2.75) is 87.8 Å². The first-order valence-corrected chi connectivity index (χ1v) is 21.1. The molecule has 0 radical (unpaired) electrons. The van der Waals surface area contributed by atoms with Gasteiger partial charge in [-0.15, -0.1) is 0 Å². The third kappa shape index (κ3) is 3.59. The minimum absolute atomic E-state index is 0.0338. The second-order valence-corrected chi connectivity index (χ2v) is 27.2. The number of halogens is 6. The molecule has 0 saturated carbocycles. The molecule has 4 rings (SSSR count). The Balaban J connectivity index is 2.95. The van der Waals surface area contributed by atoms with Gasteiger partial charge in [-0.2, -0.15) is 0 Å². The average Bonchev–Trinajstić information content (AvgIpc) is 3.49. The maximum atomic E-state index is 17.9. The number of aromatic amines is 2. The zero-order chi connectivity index (χ0) is 32.9. The number of hydrogen-bond acceptors (Lipinski definition) is 0. The summed E-state index contributed by atoms with van der Waals surface area (Å²) in [5, 5.41) is 0. The van der Waals surface area contributed by atoms with Crippen molar-refractivity contribution in [3.05, 3.63) is 105 Å². The van der Waals surface area contributed by atoms with E-state index in [1.807, 2.05) is 0 Å². The molecule has 0 fully saturated rings. The molecule has 0 unspecified atom stereocenters. The van der Waals surface area contributed by atoms with Gasteiger partial charge in [-0.25, -0.2) is 0 Å². The van der Waals surface area contributed by atoms with Gasteiger partial charge in [0.2, 0.25) is 0 Å². The van der Waals surface area contributed by atoms with Crippen molar-refractivity contribution in [1.29, 1.82) is 0 Å². The molecule has 0 spiro atoms. The summed E-state index contributed by atoms with van der Waals surface area (Å²) >= 11 is -9.64. The number of nitrogens with one attached hydrogen (secondary N) is 2. The zero-order valence-electron chi connectivity index (χ0n) is 26.4. The first-order valence-electron chi connectivity index (χ1n) is 14.6. The molecule has 1 heterocycles. The Morgan fingerprint density at radius 2 is 0.795 bits per heavy atom. The molecule has 0 aliphatic heterocycles. The Hall–Kier alpha value is -2.81. The third-order valence-corrected chi connectivity index (χ3v) is 29.4. The van der Waals surface area contributed by atoms with Gasteiger partial charge in [0.15, 0.2) is 0 Å². The summed E-state index contributed by atoms with van der Waals surface area (Å²) in [6.07, 6.45) is 2.30. The molecule has 0 amide bonds. The van der Waals surface area contributed by atoms with Crippen LogP contribution in [0.3, 0.4) is 0 Å². The van der Waals surface area contributed by atoms with Gasteiger partial charge in [-0.1, -0.05) is 0 Å². The number of hydrogen-bond donors (Lipinski definition) is 2. The van der Waals surface area contributed by atoms with Crippen molar-refractivity contribution in [3.8, 4) is 0 Å². The number of imidazole rings is 1. The van der Waals surface area contributed by atoms with Gasteiger partial charge in [0.05, 0.1) is 0 Å². The Morgan fingerprint density at radius 1 is 0.477 bits per heavy atom. The molecule has 9 heteroatoms. The summed E-state index contributed by atoms with van der Waals surface area (Å²) in [5.41, 5.74) is 0.135. The van der Waals surface area contributed by atoms with Crippen molar-refractivity contribution in [2.24, 2.45) is 0 Å². The number of alkyl halides is 6. The molecule has 0 saturated heterocycles. The zero-order valence-corrected chi connectivity index (χ0v) is 28.6. The normalized spacial score (nSPS) is 14.9. The maximum absolute atomic E-state index is 17.9. The summed E-state index contributed by atoms with van der Waals surface area (Å²) in [6.45, 7) is 13.4. The van der Waals surface area contributed by atoms with Gasteiger partial charge in [0.25, 0.3) is 0 Å². The van der Waals surface area contributed by atoms with E-state index in [1.54, 1.807) is 67.5 Å². The molecular formula is C35H43AuF6N2. The topological polar surface area (TPSA) is 31.6 Å². The van der Waals surface area contributed by atoms with Gasteiger partial charge in [-0.05, 0) is 0 Å². The number of benzene rings is 3. The predicted octanol–water partition coefficient (Wildman–Crippen LogP) is 9.61. The molecule has 2 nitrogen and oxygen atoms in total. The Kier molecular flexibility index (Phi) is 8.45. The first-order chi connectivity index (χ1) is 20.4. The monoisotopic (exact) mass is 802 g/mol. The summed E-state index contributed by atoms with van der Waals surface area (Å²) in [6, 6.07) is 15.2. The van der Waals surface area contributed by atoms with Crippen LogP contribution in [0.5, 0.6) is 0 Å². The molecule has 2 N–H and O–H groups in total. The molecule has 1 aromatic heterocycles. The second kappa shape index (κ2) is 10.9. The van der Waals surface area contributed by atoms with Crippen LogP contribution in [0.2, 0.25) is 0 Å². The fraction of sp³-hybridized carbons (Fsp3) is 0.400. The molecule has 4 aromatic rings. The Labute approximate surface area is 253 Å². The average molecular weight is 803 g/mol. The first kappa shape index (κ1) is 34.1. The van der Waals surface area contributed by atoms with E-state index in [0.717, 1.165) is 24.5 Å². The van der Waals surface area contributed by atoms with Gasteiger partial charge in [-0.3, -0.25) is 0 Å². The fourth-order valence-electron chi connectivity index (χ4n) is 6.10.